The molecule has 0 aliphatic carbocycles. The standard InChI is InChI=1S/C26H30N2O5S2/c1-20-13-14-25(33-2)26(15-20)35(31,32)28(17-22-11-7-4-8-12-22)24-19-34(29,30)18-23(24)27-16-21-9-5-3-6-10-21/h3-15,23-24,27H,16-19H2,1-2H3/t23-,24-/m1/s1. The lowest BCUT2D eigenvalue weighted by Gasteiger charge is -2.32. The van der Waals surface area contributed by atoms with Crippen molar-refractivity contribution in [2.24, 2.45) is 0 Å². The lowest BCUT2D eigenvalue weighted by Crippen LogP contribution is -2.51. The number of sulfone groups is 1. The monoisotopic (exact) mass is 514 g/mol. The summed E-state index contributed by atoms with van der Waals surface area (Å²) in [5.74, 6) is -0.154. The first-order valence-electron chi connectivity index (χ1n) is 11.4. The van der Waals surface area contributed by atoms with Crippen LogP contribution in [-0.2, 0) is 33.0 Å². The third-order valence-electron chi connectivity index (χ3n) is 6.19. The van der Waals surface area contributed by atoms with Gasteiger partial charge < -0.3 is 10.1 Å². The number of aryl methyl sites for hydroxylation is 1. The zero-order valence-electron chi connectivity index (χ0n) is 19.8. The third-order valence-corrected chi connectivity index (χ3v) is 9.80. The summed E-state index contributed by atoms with van der Waals surface area (Å²) in [6.45, 7) is 2.29. The van der Waals surface area contributed by atoms with Gasteiger partial charge in [-0.15, -0.1) is 0 Å². The predicted molar refractivity (Wildman–Crippen MR) is 136 cm³/mol. The summed E-state index contributed by atoms with van der Waals surface area (Å²) in [5.41, 5.74) is 2.53. The highest BCUT2D eigenvalue weighted by Crippen LogP contribution is 2.33. The molecule has 0 bridgehead atoms. The highest BCUT2D eigenvalue weighted by atomic mass is 32.2. The Morgan fingerprint density at radius 1 is 0.943 bits per heavy atom. The van der Waals surface area contributed by atoms with Gasteiger partial charge in [0.2, 0.25) is 10.0 Å². The van der Waals surface area contributed by atoms with Gasteiger partial charge in [0, 0.05) is 19.1 Å². The summed E-state index contributed by atoms with van der Waals surface area (Å²) in [5, 5.41) is 3.32. The van der Waals surface area contributed by atoms with Crippen LogP contribution in [0.25, 0.3) is 0 Å². The van der Waals surface area contributed by atoms with Crippen molar-refractivity contribution in [3.8, 4) is 5.75 Å². The molecule has 3 aromatic carbocycles. The molecular weight excluding hydrogens is 484 g/mol. The highest BCUT2D eigenvalue weighted by Gasteiger charge is 2.45. The Morgan fingerprint density at radius 3 is 2.20 bits per heavy atom. The van der Waals surface area contributed by atoms with Gasteiger partial charge in [-0.25, -0.2) is 16.8 Å². The molecule has 0 amide bonds. The zero-order valence-corrected chi connectivity index (χ0v) is 21.4. The van der Waals surface area contributed by atoms with Crippen LogP contribution in [0.3, 0.4) is 0 Å². The van der Waals surface area contributed by atoms with Crippen LogP contribution >= 0.6 is 0 Å². The topological polar surface area (TPSA) is 92.8 Å². The first-order valence-corrected chi connectivity index (χ1v) is 14.6. The Labute approximate surface area is 207 Å². The van der Waals surface area contributed by atoms with Gasteiger partial charge in [-0.1, -0.05) is 66.7 Å². The number of nitrogens with one attached hydrogen (secondary N) is 1. The van der Waals surface area contributed by atoms with E-state index in [0.29, 0.717) is 6.54 Å². The van der Waals surface area contributed by atoms with Gasteiger partial charge in [-0.3, -0.25) is 0 Å². The molecule has 0 aromatic heterocycles. The van der Waals surface area contributed by atoms with E-state index in [4.69, 9.17) is 4.74 Å². The summed E-state index contributed by atoms with van der Waals surface area (Å²) in [6, 6.07) is 22.5. The highest BCUT2D eigenvalue weighted by molar-refractivity contribution is 7.92. The summed E-state index contributed by atoms with van der Waals surface area (Å²) >= 11 is 0. The fourth-order valence-corrected chi connectivity index (χ4v) is 8.35. The van der Waals surface area contributed by atoms with E-state index in [9.17, 15) is 16.8 Å². The smallest absolute Gasteiger partial charge is 0.247 e. The Bertz CT molecular complexity index is 1360. The fraction of sp³-hybridized carbons (Fsp3) is 0.308. The number of hydrogen-bond donors (Lipinski definition) is 1. The maximum atomic E-state index is 14.1. The summed E-state index contributed by atoms with van der Waals surface area (Å²) in [6.07, 6.45) is 0. The minimum absolute atomic E-state index is 0.0297. The van der Waals surface area contributed by atoms with E-state index in [1.165, 1.54) is 11.4 Å². The quantitative estimate of drug-likeness (QED) is 0.472. The summed E-state index contributed by atoms with van der Waals surface area (Å²) < 4.78 is 60.5. The van der Waals surface area contributed by atoms with Crippen LogP contribution in [0.2, 0.25) is 0 Å². The zero-order chi connectivity index (χ0) is 25.1. The average molecular weight is 515 g/mol. The summed E-state index contributed by atoms with van der Waals surface area (Å²) in [7, 11) is -6.14. The molecule has 35 heavy (non-hydrogen) atoms. The molecule has 0 saturated carbocycles. The Hall–Kier alpha value is -2.72. The van der Waals surface area contributed by atoms with Crippen molar-refractivity contribution in [1.29, 1.82) is 0 Å². The van der Waals surface area contributed by atoms with Gasteiger partial charge in [-0.05, 0) is 35.7 Å². The van der Waals surface area contributed by atoms with Crippen LogP contribution in [0.1, 0.15) is 16.7 Å². The van der Waals surface area contributed by atoms with E-state index in [-0.39, 0.29) is 28.7 Å². The van der Waals surface area contributed by atoms with Crippen molar-refractivity contribution in [2.75, 3.05) is 18.6 Å². The van der Waals surface area contributed by atoms with E-state index < -0.39 is 31.9 Å². The SMILES string of the molecule is COc1ccc(C)cc1S(=O)(=O)N(Cc1ccccc1)[C@@H]1CS(=O)(=O)C[C@H]1NCc1ccccc1. The number of nitrogens with zero attached hydrogens (tertiary/aromatic N) is 1. The second kappa shape index (κ2) is 10.5. The fourth-order valence-electron chi connectivity index (χ4n) is 4.41. The number of sulfonamides is 1. The minimum atomic E-state index is -4.11. The minimum Gasteiger partial charge on any atom is -0.495 e. The van der Waals surface area contributed by atoms with Gasteiger partial charge in [0.1, 0.15) is 10.6 Å². The van der Waals surface area contributed by atoms with Crippen molar-refractivity contribution in [3.05, 3.63) is 95.6 Å². The van der Waals surface area contributed by atoms with Crippen LogP contribution in [-0.4, -0.2) is 51.8 Å². The van der Waals surface area contributed by atoms with Crippen molar-refractivity contribution in [2.45, 2.75) is 37.0 Å². The molecule has 9 heteroatoms. The van der Waals surface area contributed by atoms with E-state index in [1.807, 2.05) is 67.6 Å². The molecule has 4 rings (SSSR count). The molecule has 1 saturated heterocycles. The molecule has 2 atom stereocenters. The Kier molecular flexibility index (Phi) is 7.61. The molecule has 0 spiro atoms. The molecule has 1 aliphatic rings. The number of ether oxygens (including phenoxy) is 1. The first-order chi connectivity index (χ1) is 16.7. The van der Waals surface area contributed by atoms with Crippen molar-refractivity contribution < 1.29 is 21.6 Å². The molecule has 0 radical (unpaired) electrons. The third kappa shape index (κ3) is 5.92. The molecule has 1 fully saturated rings. The van der Waals surface area contributed by atoms with Gasteiger partial charge in [0.25, 0.3) is 0 Å². The van der Waals surface area contributed by atoms with E-state index in [0.717, 1.165) is 16.7 Å². The molecule has 1 N–H and O–H groups in total. The molecule has 186 valence electrons. The Morgan fingerprint density at radius 2 is 1.57 bits per heavy atom. The number of rotatable bonds is 9. The lowest BCUT2D eigenvalue weighted by atomic mass is 10.1. The molecule has 7 nitrogen and oxygen atoms in total. The molecule has 1 aliphatic heterocycles. The Balaban J connectivity index is 1.75. The maximum Gasteiger partial charge on any atom is 0.247 e. The van der Waals surface area contributed by atoms with Crippen molar-refractivity contribution in [3.63, 3.8) is 0 Å². The number of methoxy groups -OCH3 is 1. The average Bonchev–Trinajstić information content (AvgIpc) is 3.16. The molecule has 1 heterocycles. The number of hydrogen-bond acceptors (Lipinski definition) is 6. The summed E-state index contributed by atoms with van der Waals surface area (Å²) in [4.78, 5) is 0.0297. The molecule has 3 aromatic rings. The first kappa shape index (κ1) is 25.4. The van der Waals surface area contributed by atoms with Gasteiger partial charge in [0.05, 0.1) is 24.7 Å². The van der Waals surface area contributed by atoms with Crippen LogP contribution in [0, 0.1) is 6.92 Å². The number of benzene rings is 3. The van der Waals surface area contributed by atoms with Crippen LogP contribution in [0.5, 0.6) is 5.75 Å². The molecular formula is C26H30N2O5S2. The van der Waals surface area contributed by atoms with Crippen molar-refractivity contribution >= 4 is 19.9 Å². The van der Waals surface area contributed by atoms with Gasteiger partial charge in [0.15, 0.2) is 9.84 Å². The molecule has 0 unspecified atom stereocenters. The maximum absolute atomic E-state index is 14.1. The normalized spacial score (nSPS) is 19.6. The van der Waals surface area contributed by atoms with Crippen LogP contribution in [0.4, 0.5) is 0 Å². The largest absolute Gasteiger partial charge is 0.495 e. The van der Waals surface area contributed by atoms with Crippen LogP contribution in [0.15, 0.2) is 83.8 Å². The van der Waals surface area contributed by atoms with E-state index in [1.54, 1.807) is 18.2 Å². The lowest BCUT2D eigenvalue weighted by molar-refractivity contribution is 0.285. The second-order valence-electron chi connectivity index (χ2n) is 8.81. The van der Waals surface area contributed by atoms with E-state index in [2.05, 4.69) is 5.32 Å². The van der Waals surface area contributed by atoms with Gasteiger partial charge >= 0.3 is 0 Å². The van der Waals surface area contributed by atoms with Crippen LogP contribution < -0.4 is 10.1 Å². The van der Waals surface area contributed by atoms with Crippen molar-refractivity contribution in [1.82, 2.24) is 9.62 Å². The van der Waals surface area contributed by atoms with Gasteiger partial charge in [-0.2, -0.15) is 4.31 Å². The second-order valence-corrected chi connectivity index (χ2v) is 12.8. The predicted octanol–water partition coefficient (Wildman–Crippen LogP) is 3.15. The van der Waals surface area contributed by atoms with E-state index >= 15 is 0 Å².